The van der Waals surface area contributed by atoms with Crippen LogP contribution in [0.1, 0.15) is 18.1 Å². The van der Waals surface area contributed by atoms with Crippen molar-refractivity contribution in [2.75, 3.05) is 7.11 Å². The highest BCUT2D eigenvalue weighted by Crippen LogP contribution is 2.08. The van der Waals surface area contributed by atoms with Gasteiger partial charge in [0.25, 0.3) is 0 Å². The predicted molar refractivity (Wildman–Crippen MR) is 87.9 cm³/mol. The van der Waals surface area contributed by atoms with E-state index in [9.17, 15) is 0 Å². The monoisotopic (exact) mass is 275 g/mol. The average Bonchev–Trinajstić information content (AvgIpc) is 2.53. The molecule has 2 aromatic rings. The summed E-state index contributed by atoms with van der Waals surface area (Å²) < 4.78 is 0. The van der Waals surface area contributed by atoms with Crippen LogP contribution in [0.4, 0.5) is 0 Å². The van der Waals surface area contributed by atoms with Gasteiger partial charge in [0.05, 0.1) is 11.3 Å². The lowest BCUT2D eigenvalue weighted by atomic mass is 10.1. The van der Waals surface area contributed by atoms with Crippen LogP contribution in [0.2, 0.25) is 0 Å². The van der Waals surface area contributed by atoms with Crippen LogP contribution in [0.3, 0.4) is 0 Å². The molecule has 0 amide bonds. The molecule has 0 bridgehead atoms. The molecule has 0 unspecified atom stereocenters. The van der Waals surface area contributed by atoms with Crippen molar-refractivity contribution < 1.29 is 4.84 Å². The van der Waals surface area contributed by atoms with Crippen molar-refractivity contribution in [3.63, 3.8) is 0 Å². The van der Waals surface area contributed by atoms with E-state index < -0.39 is 0 Å². The molecule has 21 heavy (non-hydrogen) atoms. The normalized spacial score (nSPS) is 11.5. The SMILES string of the molecule is CO/N=C(C)/C(C#Cc1ccccc1)=C/c1ccccc1. The summed E-state index contributed by atoms with van der Waals surface area (Å²) in [7, 11) is 1.54. The molecule has 0 aliphatic rings. The second kappa shape index (κ2) is 7.72. The zero-order chi connectivity index (χ0) is 14.9. The van der Waals surface area contributed by atoms with E-state index in [1.807, 2.05) is 73.7 Å². The number of allylic oxidation sites excluding steroid dienone is 1. The maximum Gasteiger partial charge on any atom is 0.106 e. The number of nitrogens with zero attached hydrogens (tertiary/aromatic N) is 1. The molecule has 2 nitrogen and oxygen atoms in total. The van der Waals surface area contributed by atoms with Crippen LogP contribution < -0.4 is 0 Å². The number of hydrogen-bond acceptors (Lipinski definition) is 2. The number of oxime groups is 1. The summed E-state index contributed by atoms with van der Waals surface area (Å²) in [6.45, 7) is 1.89. The molecule has 104 valence electrons. The molecule has 0 spiro atoms. The molecule has 0 atom stereocenters. The third-order valence-electron chi connectivity index (χ3n) is 2.84. The van der Waals surface area contributed by atoms with Crippen LogP contribution in [0.15, 0.2) is 71.4 Å². The van der Waals surface area contributed by atoms with E-state index in [0.717, 1.165) is 22.4 Å². The third-order valence-corrected chi connectivity index (χ3v) is 2.84. The Balaban J connectivity index is 2.36. The van der Waals surface area contributed by atoms with Gasteiger partial charge in [-0.05, 0) is 30.7 Å². The summed E-state index contributed by atoms with van der Waals surface area (Å²) in [5.74, 6) is 6.32. The molecular weight excluding hydrogens is 258 g/mol. The van der Waals surface area contributed by atoms with Gasteiger partial charge < -0.3 is 4.84 Å². The molecule has 0 heterocycles. The lowest BCUT2D eigenvalue weighted by Gasteiger charge is -2.00. The Kier molecular flexibility index (Phi) is 5.37. The van der Waals surface area contributed by atoms with Crippen molar-refractivity contribution in [2.45, 2.75) is 6.92 Å². The van der Waals surface area contributed by atoms with Crippen molar-refractivity contribution in [1.29, 1.82) is 0 Å². The minimum atomic E-state index is 0.754. The fraction of sp³-hybridized carbons (Fsp3) is 0.105. The van der Waals surface area contributed by atoms with E-state index in [4.69, 9.17) is 4.84 Å². The topological polar surface area (TPSA) is 21.6 Å². The highest BCUT2D eigenvalue weighted by molar-refractivity contribution is 6.05. The quantitative estimate of drug-likeness (QED) is 0.468. The van der Waals surface area contributed by atoms with Crippen molar-refractivity contribution >= 4 is 11.8 Å². The van der Waals surface area contributed by atoms with Crippen molar-refractivity contribution in [3.05, 3.63) is 77.4 Å². The minimum Gasteiger partial charge on any atom is -0.399 e. The summed E-state index contributed by atoms with van der Waals surface area (Å²) in [6.07, 6.45) is 2.01. The van der Waals surface area contributed by atoms with Crippen LogP contribution in [0, 0.1) is 11.8 Å². The van der Waals surface area contributed by atoms with Crippen LogP contribution in [0.25, 0.3) is 6.08 Å². The molecular formula is C19H17NO. The number of rotatable bonds is 3. The van der Waals surface area contributed by atoms with E-state index in [0.29, 0.717) is 0 Å². The average molecular weight is 275 g/mol. The van der Waals surface area contributed by atoms with Crippen molar-refractivity contribution in [1.82, 2.24) is 0 Å². The van der Waals surface area contributed by atoms with E-state index in [1.54, 1.807) is 0 Å². The Hall–Kier alpha value is -2.79. The van der Waals surface area contributed by atoms with Crippen LogP contribution in [0.5, 0.6) is 0 Å². The maximum absolute atomic E-state index is 4.85. The molecule has 0 aromatic heterocycles. The molecule has 0 aliphatic heterocycles. The highest BCUT2D eigenvalue weighted by atomic mass is 16.6. The summed E-state index contributed by atoms with van der Waals surface area (Å²) in [5, 5.41) is 3.98. The smallest absolute Gasteiger partial charge is 0.106 e. The van der Waals surface area contributed by atoms with Crippen LogP contribution in [-0.2, 0) is 4.84 Å². The molecule has 2 aromatic carbocycles. The zero-order valence-electron chi connectivity index (χ0n) is 12.2. The zero-order valence-corrected chi connectivity index (χ0v) is 12.2. The van der Waals surface area contributed by atoms with Crippen molar-refractivity contribution in [2.24, 2.45) is 5.16 Å². The predicted octanol–water partition coefficient (Wildman–Crippen LogP) is 4.14. The maximum atomic E-state index is 4.85. The molecule has 0 saturated heterocycles. The number of hydrogen-bond donors (Lipinski definition) is 0. The first kappa shape index (κ1) is 14.6. The van der Waals surface area contributed by atoms with Gasteiger partial charge in [-0.15, -0.1) is 0 Å². The first-order valence-corrected chi connectivity index (χ1v) is 6.71. The molecule has 0 radical (unpaired) electrons. The molecule has 0 N–H and O–H groups in total. The second-order valence-electron chi connectivity index (χ2n) is 4.44. The van der Waals surface area contributed by atoms with Gasteiger partial charge in [0.15, 0.2) is 0 Å². The summed E-state index contributed by atoms with van der Waals surface area (Å²) >= 11 is 0. The van der Waals surface area contributed by atoms with Gasteiger partial charge in [-0.2, -0.15) is 0 Å². The lowest BCUT2D eigenvalue weighted by molar-refractivity contribution is 0.213. The molecule has 2 heteroatoms. The minimum absolute atomic E-state index is 0.754. The second-order valence-corrected chi connectivity index (χ2v) is 4.44. The molecule has 0 fully saturated rings. The molecule has 0 saturated carbocycles. The summed E-state index contributed by atoms with van der Waals surface area (Å²) in [4.78, 5) is 4.85. The van der Waals surface area contributed by atoms with Gasteiger partial charge >= 0.3 is 0 Å². The van der Waals surface area contributed by atoms with E-state index in [2.05, 4.69) is 17.0 Å². The Labute approximate surface area is 125 Å². The van der Waals surface area contributed by atoms with E-state index in [-0.39, 0.29) is 0 Å². The van der Waals surface area contributed by atoms with E-state index in [1.165, 1.54) is 7.11 Å². The Morgan fingerprint density at radius 1 is 1.00 bits per heavy atom. The Morgan fingerprint density at radius 3 is 2.24 bits per heavy atom. The fourth-order valence-electron chi connectivity index (χ4n) is 1.79. The lowest BCUT2D eigenvalue weighted by Crippen LogP contribution is -1.96. The van der Waals surface area contributed by atoms with Gasteiger partial charge in [-0.3, -0.25) is 0 Å². The fourth-order valence-corrected chi connectivity index (χ4v) is 1.79. The van der Waals surface area contributed by atoms with Gasteiger partial charge in [-0.25, -0.2) is 0 Å². The van der Waals surface area contributed by atoms with Crippen LogP contribution in [-0.4, -0.2) is 12.8 Å². The molecule has 2 rings (SSSR count). The first-order chi connectivity index (χ1) is 10.3. The Morgan fingerprint density at radius 2 is 1.62 bits per heavy atom. The van der Waals surface area contributed by atoms with Crippen LogP contribution >= 0.6 is 0 Å². The van der Waals surface area contributed by atoms with Gasteiger partial charge in [0, 0.05) is 5.56 Å². The standard InChI is InChI=1S/C19H17NO/c1-16(20-21-2)19(15-18-11-7-4-8-12-18)14-13-17-9-5-3-6-10-17/h3-12,15H,1-2H3/b19-15+,20-16+. The third kappa shape index (κ3) is 4.67. The van der Waals surface area contributed by atoms with Crippen molar-refractivity contribution in [3.8, 4) is 11.8 Å². The van der Waals surface area contributed by atoms with Gasteiger partial charge in [-0.1, -0.05) is 65.5 Å². The summed E-state index contributed by atoms with van der Waals surface area (Å²) in [5.41, 5.74) is 3.65. The largest absolute Gasteiger partial charge is 0.399 e. The van der Waals surface area contributed by atoms with Gasteiger partial charge in [0.1, 0.15) is 7.11 Å². The highest BCUT2D eigenvalue weighted by Gasteiger charge is 2.00. The molecule has 0 aliphatic carbocycles. The van der Waals surface area contributed by atoms with Gasteiger partial charge in [0.2, 0.25) is 0 Å². The Bertz CT molecular complexity index is 689. The van der Waals surface area contributed by atoms with E-state index >= 15 is 0 Å². The number of benzene rings is 2. The first-order valence-electron chi connectivity index (χ1n) is 6.71. The summed E-state index contributed by atoms with van der Waals surface area (Å²) in [6, 6.07) is 19.9.